The lowest BCUT2D eigenvalue weighted by molar-refractivity contribution is -0.128. The van der Waals surface area contributed by atoms with Crippen molar-refractivity contribution in [3.05, 3.63) is 23.9 Å². The zero-order valence-electron chi connectivity index (χ0n) is 14.1. The standard InChI is InChI=1S/C17H29N3O2S/c1-2-22-16-6-4-15(5-7-16)19-9-3-10-20(12-11-19)17(21)14-23-13-8-18/h4-6,16H,2-3,7-14,18H2,1H3. The lowest BCUT2D eigenvalue weighted by atomic mass is 10.1. The SMILES string of the molecule is CCOC1C=CC(N2CCCN(C(=O)CSCCN)CC2)=CC1. The molecule has 0 bridgehead atoms. The Bertz CT molecular complexity index is 440. The zero-order chi connectivity index (χ0) is 16.5. The molecule has 1 saturated heterocycles. The largest absolute Gasteiger partial charge is 0.374 e. The van der Waals surface area contributed by atoms with Crippen molar-refractivity contribution in [2.75, 3.05) is 50.8 Å². The maximum absolute atomic E-state index is 12.2. The van der Waals surface area contributed by atoms with Gasteiger partial charge < -0.3 is 20.3 Å². The minimum absolute atomic E-state index is 0.216. The molecule has 0 spiro atoms. The molecule has 1 unspecified atom stereocenters. The Morgan fingerprint density at radius 1 is 1.39 bits per heavy atom. The Morgan fingerprint density at radius 2 is 2.26 bits per heavy atom. The number of amides is 1. The van der Waals surface area contributed by atoms with Crippen LogP contribution in [0, 0.1) is 0 Å². The summed E-state index contributed by atoms with van der Waals surface area (Å²) < 4.78 is 5.62. The third-order valence-corrected chi connectivity index (χ3v) is 5.10. The quantitative estimate of drug-likeness (QED) is 0.712. The maximum atomic E-state index is 12.2. The first-order valence-corrected chi connectivity index (χ1v) is 9.70. The van der Waals surface area contributed by atoms with E-state index in [0.29, 0.717) is 12.3 Å². The highest BCUT2D eigenvalue weighted by atomic mass is 32.2. The van der Waals surface area contributed by atoms with Gasteiger partial charge in [-0.05, 0) is 25.8 Å². The third kappa shape index (κ3) is 5.86. The number of hydrogen-bond donors (Lipinski definition) is 1. The zero-order valence-corrected chi connectivity index (χ0v) is 14.9. The van der Waals surface area contributed by atoms with E-state index in [2.05, 4.69) is 23.1 Å². The molecule has 1 aliphatic heterocycles. The normalized spacial score (nSPS) is 22.0. The van der Waals surface area contributed by atoms with Crippen LogP contribution in [0.25, 0.3) is 0 Å². The van der Waals surface area contributed by atoms with Crippen molar-refractivity contribution in [2.24, 2.45) is 5.73 Å². The maximum Gasteiger partial charge on any atom is 0.232 e. The van der Waals surface area contributed by atoms with Gasteiger partial charge in [-0.15, -0.1) is 0 Å². The number of rotatable bonds is 7. The van der Waals surface area contributed by atoms with Crippen molar-refractivity contribution in [3.8, 4) is 0 Å². The molecule has 6 heteroatoms. The Hall–Kier alpha value is -0.980. The summed E-state index contributed by atoms with van der Waals surface area (Å²) in [6.45, 7) is 6.99. The van der Waals surface area contributed by atoms with Gasteiger partial charge in [-0.1, -0.05) is 12.2 Å². The summed E-state index contributed by atoms with van der Waals surface area (Å²) in [6.07, 6.45) is 8.75. The molecule has 1 aliphatic carbocycles. The van der Waals surface area contributed by atoms with Crippen molar-refractivity contribution in [1.82, 2.24) is 9.80 Å². The highest BCUT2D eigenvalue weighted by Gasteiger charge is 2.20. The molecule has 0 aromatic rings. The van der Waals surface area contributed by atoms with Gasteiger partial charge in [0.25, 0.3) is 0 Å². The monoisotopic (exact) mass is 339 g/mol. The number of nitrogens with two attached hydrogens (primary N) is 1. The third-order valence-electron chi connectivity index (χ3n) is 4.12. The minimum atomic E-state index is 0.216. The second kappa shape index (κ2) is 10.0. The van der Waals surface area contributed by atoms with E-state index in [9.17, 15) is 4.79 Å². The first-order chi connectivity index (χ1) is 11.2. The molecule has 23 heavy (non-hydrogen) atoms. The molecule has 0 radical (unpaired) electrons. The van der Waals surface area contributed by atoms with Crippen LogP contribution in [-0.4, -0.2) is 72.6 Å². The van der Waals surface area contributed by atoms with Gasteiger partial charge >= 0.3 is 0 Å². The van der Waals surface area contributed by atoms with E-state index < -0.39 is 0 Å². The highest BCUT2D eigenvalue weighted by molar-refractivity contribution is 7.99. The number of carbonyl (C=O) groups is 1. The van der Waals surface area contributed by atoms with Crippen LogP contribution >= 0.6 is 11.8 Å². The first kappa shape index (κ1) is 18.4. The van der Waals surface area contributed by atoms with E-state index in [1.165, 1.54) is 5.70 Å². The molecule has 1 amide bonds. The molecule has 5 nitrogen and oxygen atoms in total. The average Bonchev–Trinajstić information content (AvgIpc) is 2.82. The van der Waals surface area contributed by atoms with Crippen LogP contribution in [0.1, 0.15) is 19.8 Å². The van der Waals surface area contributed by atoms with Crippen molar-refractivity contribution in [2.45, 2.75) is 25.9 Å². The number of allylic oxidation sites excluding steroid dienone is 1. The molecule has 0 aromatic carbocycles. The molecule has 2 aliphatic rings. The van der Waals surface area contributed by atoms with E-state index in [1.807, 2.05) is 11.8 Å². The summed E-state index contributed by atoms with van der Waals surface area (Å²) in [5.74, 6) is 1.65. The van der Waals surface area contributed by atoms with Gasteiger partial charge in [-0.3, -0.25) is 4.79 Å². The van der Waals surface area contributed by atoms with E-state index in [0.717, 1.165) is 51.4 Å². The second-order valence-corrected chi connectivity index (χ2v) is 6.89. The van der Waals surface area contributed by atoms with Gasteiger partial charge in [-0.25, -0.2) is 0 Å². The number of thioether (sulfide) groups is 1. The van der Waals surface area contributed by atoms with E-state index >= 15 is 0 Å². The Morgan fingerprint density at radius 3 is 2.96 bits per heavy atom. The van der Waals surface area contributed by atoms with E-state index in [-0.39, 0.29) is 12.0 Å². The Labute approximate surface area is 143 Å². The first-order valence-electron chi connectivity index (χ1n) is 8.55. The summed E-state index contributed by atoms with van der Waals surface area (Å²) in [5, 5.41) is 0. The predicted octanol–water partition coefficient (Wildman–Crippen LogP) is 1.46. The minimum Gasteiger partial charge on any atom is -0.374 e. The van der Waals surface area contributed by atoms with Gasteiger partial charge in [0.1, 0.15) is 0 Å². The van der Waals surface area contributed by atoms with Crippen LogP contribution in [0.2, 0.25) is 0 Å². The van der Waals surface area contributed by atoms with Gasteiger partial charge in [0.05, 0.1) is 11.9 Å². The lowest BCUT2D eigenvalue weighted by Crippen LogP contribution is -2.36. The molecular formula is C17H29N3O2S. The molecule has 0 aromatic heterocycles. The summed E-state index contributed by atoms with van der Waals surface area (Å²) >= 11 is 1.63. The summed E-state index contributed by atoms with van der Waals surface area (Å²) in [6, 6.07) is 0. The van der Waals surface area contributed by atoms with Crippen LogP contribution < -0.4 is 5.73 Å². The Kier molecular flexibility index (Phi) is 7.99. The van der Waals surface area contributed by atoms with Crippen molar-refractivity contribution >= 4 is 17.7 Å². The van der Waals surface area contributed by atoms with Crippen molar-refractivity contribution in [3.63, 3.8) is 0 Å². The number of ether oxygens (including phenoxy) is 1. The fraction of sp³-hybridized carbons (Fsp3) is 0.706. The summed E-state index contributed by atoms with van der Waals surface area (Å²) in [5.41, 5.74) is 6.74. The predicted molar refractivity (Wildman–Crippen MR) is 96.4 cm³/mol. The molecule has 1 heterocycles. The highest BCUT2D eigenvalue weighted by Crippen LogP contribution is 2.19. The van der Waals surface area contributed by atoms with Gasteiger partial charge in [0.15, 0.2) is 0 Å². The average molecular weight is 340 g/mol. The summed E-state index contributed by atoms with van der Waals surface area (Å²) in [7, 11) is 0. The van der Waals surface area contributed by atoms with Crippen LogP contribution in [0.3, 0.4) is 0 Å². The fourth-order valence-electron chi connectivity index (χ4n) is 2.92. The molecule has 130 valence electrons. The topological polar surface area (TPSA) is 58.8 Å². The molecule has 1 fully saturated rings. The fourth-order valence-corrected chi connectivity index (χ4v) is 3.59. The van der Waals surface area contributed by atoms with E-state index in [1.54, 1.807) is 11.8 Å². The molecule has 0 saturated carbocycles. The van der Waals surface area contributed by atoms with Crippen LogP contribution in [0.4, 0.5) is 0 Å². The van der Waals surface area contributed by atoms with Crippen LogP contribution in [-0.2, 0) is 9.53 Å². The van der Waals surface area contributed by atoms with Gasteiger partial charge in [0.2, 0.25) is 5.91 Å². The van der Waals surface area contributed by atoms with Crippen molar-refractivity contribution < 1.29 is 9.53 Å². The smallest absolute Gasteiger partial charge is 0.232 e. The number of hydrogen-bond acceptors (Lipinski definition) is 5. The Balaban J connectivity index is 1.80. The molecule has 2 N–H and O–H groups in total. The van der Waals surface area contributed by atoms with Gasteiger partial charge in [-0.2, -0.15) is 11.8 Å². The van der Waals surface area contributed by atoms with Crippen LogP contribution in [0.5, 0.6) is 0 Å². The molecule has 1 atom stereocenters. The molecule has 2 rings (SSSR count). The van der Waals surface area contributed by atoms with Crippen molar-refractivity contribution in [1.29, 1.82) is 0 Å². The second-order valence-electron chi connectivity index (χ2n) is 5.78. The lowest BCUT2D eigenvalue weighted by Gasteiger charge is -2.27. The number of nitrogens with zero attached hydrogens (tertiary/aromatic N) is 2. The molecular weight excluding hydrogens is 310 g/mol. The number of carbonyl (C=O) groups excluding carboxylic acids is 1. The summed E-state index contributed by atoms with van der Waals surface area (Å²) in [4.78, 5) is 16.6. The van der Waals surface area contributed by atoms with Gasteiger partial charge in [0, 0.05) is 50.8 Å². The van der Waals surface area contributed by atoms with E-state index in [4.69, 9.17) is 10.5 Å². The van der Waals surface area contributed by atoms with Crippen LogP contribution in [0.15, 0.2) is 23.9 Å².